The number of nitrogens with zero attached hydrogens (tertiary/aromatic N) is 1. The van der Waals surface area contributed by atoms with E-state index in [0.29, 0.717) is 31.3 Å². The third kappa shape index (κ3) is 3.82. The molecule has 1 aliphatic rings. The van der Waals surface area contributed by atoms with Gasteiger partial charge in [0.1, 0.15) is 0 Å². The fraction of sp³-hybridized carbons (Fsp3) is 1.00. The lowest BCUT2D eigenvalue weighted by molar-refractivity contribution is -0.286. The second-order valence-electron chi connectivity index (χ2n) is 3.20. The molecule has 0 spiro atoms. The molecular formula is C7H15Cl2N2O4P. The Morgan fingerprint density at radius 3 is 2.62 bits per heavy atom. The van der Waals surface area contributed by atoms with E-state index in [1.54, 1.807) is 0 Å². The molecule has 0 amide bonds. The first kappa shape index (κ1) is 14.7. The van der Waals surface area contributed by atoms with Crippen LogP contribution in [-0.2, 0) is 14.0 Å². The van der Waals surface area contributed by atoms with Crippen molar-refractivity contribution >= 4 is 30.9 Å². The van der Waals surface area contributed by atoms with Crippen LogP contribution >= 0.6 is 30.9 Å². The number of rotatable bonds is 6. The van der Waals surface area contributed by atoms with E-state index in [0.717, 1.165) is 0 Å². The highest BCUT2D eigenvalue weighted by Gasteiger charge is 2.37. The topological polar surface area (TPSA) is 71.0 Å². The van der Waals surface area contributed by atoms with Crippen molar-refractivity contribution in [1.82, 2.24) is 9.76 Å². The lowest BCUT2D eigenvalue weighted by Crippen LogP contribution is -2.42. The summed E-state index contributed by atoms with van der Waals surface area (Å²) < 4.78 is 19.1. The number of hydrogen-bond donors (Lipinski definition) is 2. The minimum absolute atomic E-state index is 0.247. The smallest absolute Gasteiger partial charge is 0.306 e. The molecule has 1 rings (SSSR count). The van der Waals surface area contributed by atoms with Gasteiger partial charge in [0.15, 0.2) is 6.23 Å². The highest BCUT2D eigenvalue weighted by Crippen LogP contribution is 2.49. The molecule has 1 fully saturated rings. The Bertz CT molecular complexity index is 253. The van der Waals surface area contributed by atoms with Gasteiger partial charge in [-0.25, -0.2) is 14.6 Å². The van der Waals surface area contributed by atoms with Crippen LogP contribution in [0.3, 0.4) is 0 Å². The molecule has 2 atom stereocenters. The highest BCUT2D eigenvalue weighted by molar-refractivity contribution is 7.54. The van der Waals surface area contributed by atoms with Crippen LogP contribution in [-0.4, -0.2) is 47.6 Å². The van der Waals surface area contributed by atoms with Gasteiger partial charge < -0.3 is 4.52 Å². The maximum absolute atomic E-state index is 12.4. The lowest BCUT2D eigenvalue weighted by atomic mass is 10.4. The summed E-state index contributed by atoms with van der Waals surface area (Å²) in [6.07, 6.45) is -0.261. The summed E-state index contributed by atoms with van der Waals surface area (Å²) >= 11 is 11.2. The first-order valence-corrected chi connectivity index (χ1v) is 7.51. The molecule has 1 aliphatic heterocycles. The molecule has 0 aliphatic carbocycles. The molecule has 0 radical (unpaired) electrons. The van der Waals surface area contributed by atoms with Gasteiger partial charge in [-0.15, -0.1) is 23.2 Å². The van der Waals surface area contributed by atoms with Crippen molar-refractivity contribution < 1.29 is 19.2 Å². The third-order valence-electron chi connectivity index (χ3n) is 2.14. The summed E-state index contributed by atoms with van der Waals surface area (Å²) in [7, 11) is -3.20. The predicted octanol–water partition coefficient (Wildman–Crippen LogP) is 1.70. The third-order valence-corrected chi connectivity index (χ3v) is 4.77. The first-order chi connectivity index (χ1) is 7.66. The quantitative estimate of drug-likeness (QED) is 0.336. The van der Waals surface area contributed by atoms with Crippen LogP contribution < -0.4 is 5.09 Å². The van der Waals surface area contributed by atoms with Gasteiger partial charge in [-0.3, -0.25) is 9.82 Å². The van der Waals surface area contributed by atoms with E-state index in [9.17, 15) is 4.57 Å². The molecule has 1 saturated heterocycles. The molecule has 96 valence electrons. The van der Waals surface area contributed by atoms with Crippen LogP contribution in [0.25, 0.3) is 0 Å². The van der Waals surface area contributed by atoms with Crippen LogP contribution in [0.5, 0.6) is 0 Å². The summed E-state index contributed by atoms with van der Waals surface area (Å²) in [6, 6.07) is 0. The van der Waals surface area contributed by atoms with Crippen molar-refractivity contribution in [2.24, 2.45) is 0 Å². The van der Waals surface area contributed by atoms with E-state index < -0.39 is 13.9 Å². The van der Waals surface area contributed by atoms with Gasteiger partial charge in [0.2, 0.25) is 0 Å². The standard InChI is InChI=1S/C7H15Cl2N2O4P/c8-2-4-11(5-3-9)16(13)10-7(15-12)1-6-14-16/h7,12H,1-6H2,(H,10,13)/t7-,16?/m1/s1. The molecular weight excluding hydrogens is 278 g/mol. The fourth-order valence-electron chi connectivity index (χ4n) is 1.38. The summed E-state index contributed by atoms with van der Waals surface area (Å²) in [4.78, 5) is 4.14. The van der Waals surface area contributed by atoms with Gasteiger partial charge in [-0.2, -0.15) is 0 Å². The predicted molar refractivity (Wildman–Crippen MR) is 61.8 cm³/mol. The summed E-state index contributed by atoms with van der Waals surface area (Å²) in [6.45, 7) is 1.02. The average Bonchev–Trinajstić information content (AvgIpc) is 2.29. The lowest BCUT2D eigenvalue weighted by Gasteiger charge is -2.35. The van der Waals surface area contributed by atoms with Gasteiger partial charge in [0, 0.05) is 31.3 Å². The zero-order valence-electron chi connectivity index (χ0n) is 8.64. The van der Waals surface area contributed by atoms with Crippen molar-refractivity contribution in [3.63, 3.8) is 0 Å². The van der Waals surface area contributed by atoms with Crippen molar-refractivity contribution in [3.05, 3.63) is 0 Å². The Hall–Kier alpha value is 0.610. The van der Waals surface area contributed by atoms with Crippen LogP contribution in [0.4, 0.5) is 0 Å². The van der Waals surface area contributed by atoms with E-state index in [1.165, 1.54) is 4.67 Å². The zero-order valence-corrected chi connectivity index (χ0v) is 11.0. The van der Waals surface area contributed by atoms with Gasteiger partial charge in [-0.1, -0.05) is 0 Å². The minimum atomic E-state index is -3.20. The molecule has 0 aromatic rings. The summed E-state index contributed by atoms with van der Waals surface area (Å²) in [5.41, 5.74) is 0. The fourth-order valence-corrected chi connectivity index (χ4v) is 4.04. The Morgan fingerprint density at radius 1 is 1.50 bits per heavy atom. The molecule has 6 nitrogen and oxygen atoms in total. The van der Waals surface area contributed by atoms with E-state index in [4.69, 9.17) is 33.0 Å². The molecule has 0 bridgehead atoms. The Morgan fingerprint density at radius 2 is 2.12 bits per heavy atom. The largest absolute Gasteiger partial charge is 0.345 e. The SMILES string of the molecule is O=P1(N(CCCl)CCCl)N[C@H](OO)CCO1. The molecule has 0 saturated carbocycles. The average molecular weight is 293 g/mol. The number of halogens is 2. The van der Waals surface area contributed by atoms with Crippen LogP contribution in [0.2, 0.25) is 0 Å². The van der Waals surface area contributed by atoms with E-state index in [-0.39, 0.29) is 6.61 Å². The molecule has 1 heterocycles. The van der Waals surface area contributed by atoms with Gasteiger partial charge in [0.25, 0.3) is 0 Å². The van der Waals surface area contributed by atoms with Crippen molar-refractivity contribution in [2.75, 3.05) is 31.5 Å². The molecule has 9 heteroatoms. The normalized spacial score (nSPS) is 30.9. The van der Waals surface area contributed by atoms with Gasteiger partial charge in [0.05, 0.1) is 6.61 Å². The van der Waals surface area contributed by atoms with Crippen molar-refractivity contribution in [3.8, 4) is 0 Å². The second-order valence-corrected chi connectivity index (χ2v) is 6.08. The monoisotopic (exact) mass is 292 g/mol. The summed E-state index contributed by atoms with van der Waals surface area (Å²) in [5, 5.41) is 11.2. The Labute approximate surface area is 104 Å². The molecule has 2 N–H and O–H groups in total. The van der Waals surface area contributed by atoms with Gasteiger partial charge >= 0.3 is 7.67 Å². The van der Waals surface area contributed by atoms with Gasteiger partial charge in [-0.05, 0) is 0 Å². The second kappa shape index (κ2) is 7.13. The Kier molecular flexibility index (Phi) is 6.54. The van der Waals surface area contributed by atoms with Crippen LogP contribution in [0, 0.1) is 0 Å². The highest BCUT2D eigenvalue weighted by atomic mass is 35.5. The molecule has 0 aromatic heterocycles. The molecule has 1 unspecified atom stereocenters. The zero-order chi connectivity index (χ0) is 12.0. The Balaban J connectivity index is 2.67. The van der Waals surface area contributed by atoms with Crippen LogP contribution in [0.15, 0.2) is 0 Å². The maximum Gasteiger partial charge on any atom is 0.345 e. The number of alkyl halides is 2. The van der Waals surface area contributed by atoms with Crippen molar-refractivity contribution in [1.29, 1.82) is 0 Å². The maximum atomic E-state index is 12.4. The van der Waals surface area contributed by atoms with Crippen molar-refractivity contribution in [2.45, 2.75) is 12.6 Å². The number of hydrogen-bond acceptors (Lipinski definition) is 4. The number of nitrogens with one attached hydrogen (secondary N) is 1. The van der Waals surface area contributed by atoms with E-state index in [2.05, 4.69) is 9.97 Å². The summed E-state index contributed by atoms with van der Waals surface area (Å²) in [5.74, 6) is 0.632. The molecule has 0 aromatic carbocycles. The van der Waals surface area contributed by atoms with E-state index in [1.807, 2.05) is 0 Å². The molecule has 16 heavy (non-hydrogen) atoms. The van der Waals surface area contributed by atoms with Crippen LogP contribution in [0.1, 0.15) is 6.42 Å². The van der Waals surface area contributed by atoms with E-state index >= 15 is 0 Å². The minimum Gasteiger partial charge on any atom is -0.306 e. The first-order valence-electron chi connectivity index (χ1n) is 4.86.